The average molecular weight is 436 g/mol. The Morgan fingerprint density at radius 1 is 1.00 bits per heavy atom. The van der Waals surface area contributed by atoms with Crippen LogP contribution in [-0.4, -0.2) is 39.2 Å². The third-order valence-corrected chi connectivity index (χ3v) is 6.29. The number of ether oxygens (including phenoxy) is 1. The Morgan fingerprint density at radius 2 is 1.68 bits per heavy atom. The number of benzene rings is 3. The van der Waals surface area contributed by atoms with Crippen LogP contribution in [0.5, 0.6) is 5.75 Å². The molecule has 0 bridgehead atoms. The van der Waals surface area contributed by atoms with Crippen LogP contribution < -0.4 is 10.1 Å². The van der Waals surface area contributed by atoms with Crippen LogP contribution in [0.4, 0.5) is 5.69 Å². The van der Waals surface area contributed by atoms with E-state index < -0.39 is 10.0 Å². The molecule has 0 aromatic heterocycles. The average Bonchev–Trinajstić information content (AvgIpc) is 3.04. The number of amides is 1. The van der Waals surface area contributed by atoms with Crippen molar-refractivity contribution in [3.05, 3.63) is 89.5 Å². The van der Waals surface area contributed by atoms with E-state index in [-0.39, 0.29) is 16.6 Å². The summed E-state index contributed by atoms with van der Waals surface area (Å²) in [7, 11) is -0.330. The molecule has 0 aliphatic carbocycles. The molecule has 1 amide bonds. The number of anilines is 1. The lowest BCUT2D eigenvalue weighted by molar-refractivity contribution is 0.0785. The normalized spacial score (nSPS) is 13.8. The van der Waals surface area contributed by atoms with Gasteiger partial charge in [0.25, 0.3) is 15.9 Å². The van der Waals surface area contributed by atoms with E-state index in [1.807, 2.05) is 24.3 Å². The Balaban J connectivity index is 1.45. The maximum Gasteiger partial charge on any atom is 0.285 e. The van der Waals surface area contributed by atoms with Gasteiger partial charge in [-0.1, -0.05) is 24.3 Å². The molecule has 3 aromatic carbocycles. The van der Waals surface area contributed by atoms with E-state index >= 15 is 0 Å². The summed E-state index contributed by atoms with van der Waals surface area (Å²) in [6, 6.07) is 21.1. The third kappa shape index (κ3) is 4.29. The standard InChI is InChI=1S/C23H21N3O4S/c1-26(15-16-7-13-19(30-2)14-8-16)23(27)17-9-11-18(12-10-17)24-22-20-5-3-4-6-21(20)31(28,29)25-22/h3-14H,15H2,1-2H3,(H,24,25). The summed E-state index contributed by atoms with van der Waals surface area (Å²) < 4.78 is 33.3. The molecule has 0 unspecified atom stereocenters. The van der Waals surface area contributed by atoms with Gasteiger partial charge in [0.15, 0.2) is 5.84 Å². The van der Waals surface area contributed by atoms with Crippen molar-refractivity contribution in [1.82, 2.24) is 4.90 Å². The van der Waals surface area contributed by atoms with Gasteiger partial charge in [-0.15, -0.1) is 4.40 Å². The molecule has 158 valence electrons. The zero-order chi connectivity index (χ0) is 22.0. The van der Waals surface area contributed by atoms with Gasteiger partial charge in [-0.3, -0.25) is 4.79 Å². The first-order chi connectivity index (χ1) is 14.9. The van der Waals surface area contributed by atoms with Crippen LogP contribution in [0.25, 0.3) is 0 Å². The minimum absolute atomic E-state index is 0.117. The van der Waals surface area contributed by atoms with Crippen LogP contribution in [0.3, 0.4) is 0 Å². The molecule has 3 aromatic rings. The van der Waals surface area contributed by atoms with Crippen molar-refractivity contribution in [3.8, 4) is 5.75 Å². The van der Waals surface area contributed by atoms with Gasteiger partial charge in [-0.2, -0.15) is 8.42 Å². The van der Waals surface area contributed by atoms with Crippen molar-refractivity contribution in [2.75, 3.05) is 19.5 Å². The number of rotatable bonds is 5. The van der Waals surface area contributed by atoms with E-state index in [2.05, 4.69) is 9.71 Å². The molecule has 0 spiro atoms. The van der Waals surface area contributed by atoms with Crippen molar-refractivity contribution < 1.29 is 17.9 Å². The van der Waals surface area contributed by atoms with E-state index in [9.17, 15) is 13.2 Å². The second kappa shape index (κ2) is 8.23. The monoisotopic (exact) mass is 435 g/mol. The topological polar surface area (TPSA) is 88.1 Å². The number of amidine groups is 1. The van der Waals surface area contributed by atoms with Gasteiger partial charge in [0.2, 0.25) is 0 Å². The number of nitrogens with zero attached hydrogens (tertiary/aromatic N) is 2. The smallest absolute Gasteiger partial charge is 0.285 e. The van der Waals surface area contributed by atoms with Gasteiger partial charge in [-0.05, 0) is 54.1 Å². The highest BCUT2D eigenvalue weighted by atomic mass is 32.2. The maximum atomic E-state index is 12.8. The first kappa shape index (κ1) is 20.6. The van der Waals surface area contributed by atoms with Gasteiger partial charge < -0.3 is 15.0 Å². The van der Waals surface area contributed by atoms with Gasteiger partial charge in [-0.25, -0.2) is 0 Å². The predicted molar refractivity (Wildman–Crippen MR) is 119 cm³/mol. The largest absolute Gasteiger partial charge is 0.497 e. The summed E-state index contributed by atoms with van der Waals surface area (Å²) in [4.78, 5) is 14.6. The molecule has 0 saturated heterocycles. The van der Waals surface area contributed by atoms with Crippen molar-refractivity contribution in [2.45, 2.75) is 11.4 Å². The number of carbonyl (C=O) groups excluding carboxylic acids is 1. The quantitative estimate of drug-likeness (QED) is 0.662. The number of methoxy groups -OCH3 is 1. The molecular formula is C23H21N3O4S. The van der Waals surface area contributed by atoms with Crippen LogP contribution in [0.2, 0.25) is 0 Å². The molecule has 4 rings (SSSR count). The minimum Gasteiger partial charge on any atom is -0.497 e. The summed E-state index contributed by atoms with van der Waals surface area (Å²) >= 11 is 0. The van der Waals surface area contributed by atoms with Crippen LogP contribution >= 0.6 is 0 Å². The Labute approximate surface area is 181 Å². The van der Waals surface area contributed by atoms with Crippen molar-refractivity contribution in [2.24, 2.45) is 4.40 Å². The maximum absolute atomic E-state index is 12.8. The summed E-state index contributed by atoms with van der Waals surface area (Å²) in [5.74, 6) is 0.919. The highest BCUT2D eigenvalue weighted by molar-refractivity contribution is 7.90. The first-order valence-corrected chi connectivity index (χ1v) is 11.0. The number of hydrogen-bond donors (Lipinski definition) is 1. The number of hydrogen-bond acceptors (Lipinski definition) is 5. The molecule has 0 atom stereocenters. The van der Waals surface area contributed by atoms with Crippen LogP contribution in [-0.2, 0) is 16.6 Å². The molecule has 0 fully saturated rings. The third-order valence-electron chi connectivity index (χ3n) is 4.95. The molecule has 8 heteroatoms. The van der Waals surface area contributed by atoms with E-state index in [0.29, 0.717) is 23.4 Å². The summed E-state index contributed by atoms with van der Waals surface area (Å²) in [6.45, 7) is 0.467. The zero-order valence-electron chi connectivity index (χ0n) is 17.1. The lowest BCUT2D eigenvalue weighted by Gasteiger charge is -2.18. The highest BCUT2D eigenvalue weighted by Crippen LogP contribution is 2.26. The van der Waals surface area contributed by atoms with Gasteiger partial charge in [0.05, 0.1) is 7.11 Å². The fourth-order valence-electron chi connectivity index (χ4n) is 3.33. The molecule has 31 heavy (non-hydrogen) atoms. The molecule has 1 heterocycles. The molecule has 0 saturated carbocycles. The zero-order valence-corrected chi connectivity index (χ0v) is 17.9. The van der Waals surface area contributed by atoms with Crippen LogP contribution in [0.15, 0.2) is 82.1 Å². The number of carbonyl (C=O) groups is 1. The molecule has 1 N–H and O–H groups in total. The van der Waals surface area contributed by atoms with Crippen molar-refractivity contribution in [3.63, 3.8) is 0 Å². The fourth-order valence-corrected chi connectivity index (χ4v) is 4.50. The summed E-state index contributed by atoms with van der Waals surface area (Å²) in [6.07, 6.45) is 0. The molecule has 1 aliphatic heterocycles. The second-order valence-electron chi connectivity index (χ2n) is 7.12. The van der Waals surface area contributed by atoms with Crippen LogP contribution in [0, 0.1) is 0 Å². The summed E-state index contributed by atoms with van der Waals surface area (Å²) in [5.41, 5.74) is 2.69. The molecule has 0 radical (unpaired) electrons. The first-order valence-electron chi connectivity index (χ1n) is 9.57. The SMILES string of the molecule is COc1ccc(CN(C)C(=O)c2ccc(NC3=NS(=O)(=O)c4ccccc43)cc2)cc1. The predicted octanol–water partition coefficient (Wildman–Crippen LogP) is 3.53. The number of fused-ring (bicyclic) bond motifs is 1. The van der Waals surface area contributed by atoms with E-state index in [1.54, 1.807) is 61.5 Å². The van der Waals surface area contributed by atoms with E-state index in [1.165, 1.54) is 6.07 Å². The second-order valence-corrected chi connectivity index (χ2v) is 8.70. The van der Waals surface area contributed by atoms with Gasteiger partial charge in [0.1, 0.15) is 10.6 Å². The number of sulfonamides is 1. The molecule has 1 aliphatic rings. The Bertz CT molecular complexity index is 1250. The summed E-state index contributed by atoms with van der Waals surface area (Å²) in [5, 5.41) is 3.03. The fraction of sp³-hybridized carbons (Fsp3) is 0.130. The number of nitrogens with one attached hydrogen (secondary N) is 1. The van der Waals surface area contributed by atoms with Gasteiger partial charge >= 0.3 is 0 Å². The Morgan fingerprint density at radius 3 is 2.35 bits per heavy atom. The lowest BCUT2D eigenvalue weighted by atomic mass is 10.1. The van der Waals surface area contributed by atoms with Gasteiger partial charge in [0, 0.05) is 30.4 Å². The lowest BCUT2D eigenvalue weighted by Crippen LogP contribution is -2.26. The minimum atomic E-state index is -3.69. The Kier molecular flexibility index (Phi) is 5.48. The Hall–Kier alpha value is -3.65. The van der Waals surface area contributed by atoms with E-state index in [4.69, 9.17) is 4.74 Å². The van der Waals surface area contributed by atoms with E-state index in [0.717, 1.165) is 11.3 Å². The molecular weight excluding hydrogens is 414 g/mol. The van der Waals surface area contributed by atoms with Crippen molar-refractivity contribution >= 4 is 27.5 Å². The molecule has 7 nitrogen and oxygen atoms in total. The van der Waals surface area contributed by atoms with Crippen LogP contribution in [0.1, 0.15) is 21.5 Å². The highest BCUT2D eigenvalue weighted by Gasteiger charge is 2.28. The van der Waals surface area contributed by atoms with Crippen molar-refractivity contribution in [1.29, 1.82) is 0 Å².